The van der Waals surface area contributed by atoms with Crippen LogP contribution in [0.5, 0.6) is 0 Å². The molecule has 0 rings (SSSR count). The van der Waals surface area contributed by atoms with Crippen molar-refractivity contribution in [1.82, 2.24) is 16.9 Å². The molecule has 0 aliphatic heterocycles. The molecule has 0 aromatic heterocycles. The van der Waals surface area contributed by atoms with Crippen molar-refractivity contribution in [2.75, 3.05) is 0 Å². The van der Waals surface area contributed by atoms with E-state index in [9.17, 15) is 0 Å². The fourth-order valence-corrected chi connectivity index (χ4v) is 61.5. The second-order valence-electron chi connectivity index (χ2n) is 23.8. The Labute approximate surface area is 322 Å². The SMILES string of the molecule is C[Si](C)(C)N(C(N([Si](C)(C)C)[Si](C)(C)C)(N([Si](C)(C)C)[Si](C)(C)C)N([Si](C)(C)C)[Si](C)(C)C)[Si](C)(C)C.C[Si](C)(C)[N-][Si](C)(C)C.[Li+]. The van der Waals surface area contributed by atoms with E-state index in [2.05, 4.69) is 213 Å². The molecule has 5 nitrogen and oxygen atoms in total. The Kier molecular flexibility index (Phi) is 18.9. The molecular weight excluding hydrogens is 730 g/mol. The summed E-state index contributed by atoms with van der Waals surface area (Å²) in [6.07, 6.45) is 0. The molecule has 0 saturated carbocycles. The summed E-state index contributed by atoms with van der Waals surface area (Å²) < 4.78 is 18.1. The second kappa shape index (κ2) is 16.5. The van der Waals surface area contributed by atoms with E-state index >= 15 is 0 Å². The summed E-state index contributed by atoms with van der Waals surface area (Å²) in [6.45, 7) is 77.9. The van der Waals surface area contributed by atoms with Gasteiger partial charge in [-0.3, -0.25) is 0 Å². The van der Waals surface area contributed by atoms with Crippen molar-refractivity contribution in [3.63, 3.8) is 0 Å². The molecule has 0 aliphatic rings. The predicted octanol–water partition coefficient (Wildman–Crippen LogP) is 9.52. The average molecular weight is 821 g/mol. The Balaban J connectivity index is -0.00000168. The van der Waals surface area contributed by atoms with Crippen LogP contribution in [0.25, 0.3) is 4.65 Å². The summed E-state index contributed by atoms with van der Waals surface area (Å²) in [6, 6.07) is 0. The average Bonchev–Trinajstić information content (AvgIpc) is 2.45. The zero-order valence-corrected chi connectivity index (χ0v) is 48.7. The summed E-state index contributed by atoms with van der Waals surface area (Å²) in [7, 11) is -16.7. The summed E-state index contributed by atoms with van der Waals surface area (Å²) in [5.74, 6) is -0.131. The summed E-state index contributed by atoms with van der Waals surface area (Å²) in [5.41, 5.74) is 0. The Morgan fingerprint density at radius 2 is 0.362 bits per heavy atom. The van der Waals surface area contributed by atoms with Crippen LogP contribution in [0.2, 0.25) is 196 Å². The van der Waals surface area contributed by atoms with Crippen LogP contribution >= 0.6 is 0 Å². The minimum Gasteiger partial charge on any atom is -0.668 e. The number of hydrogen-bond acceptors (Lipinski definition) is 4. The Morgan fingerprint density at radius 3 is 0.404 bits per heavy atom. The van der Waals surface area contributed by atoms with Crippen LogP contribution in [0, 0.1) is 0 Å². The largest absolute Gasteiger partial charge is 1.00 e. The third kappa shape index (κ3) is 16.2. The standard InChI is InChI=1S/C25H72N4Si8.C6H18NSi2.Li/c1-30(2,3)26(31(4,5)6)25(27(32(7,8)9)33(10,11)12,28(34(13,14)15)35(16,17)18)29(36(19,20)21)37(22,23)24;1-8(2,3)7-9(4,5)6;/h1-24H3;1-6H3;/q;-1;+1. The zero-order valence-electron chi connectivity index (χ0n) is 38.7. The number of rotatable bonds is 14. The fourth-order valence-electron chi connectivity index (χ4n) is 9.23. The molecule has 47 heavy (non-hydrogen) atoms. The molecule has 0 atom stereocenters. The third-order valence-corrected chi connectivity index (χ3v) is 41.8. The van der Waals surface area contributed by atoms with Gasteiger partial charge >= 0.3 is 18.9 Å². The van der Waals surface area contributed by atoms with E-state index in [1.54, 1.807) is 0 Å². The molecule has 0 bridgehead atoms. The molecule has 0 radical (unpaired) electrons. The minimum absolute atomic E-state index is 0. The molecule has 0 spiro atoms. The van der Waals surface area contributed by atoms with Crippen molar-refractivity contribution in [2.24, 2.45) is 0 Å². The predicted molar refractivity (Wildman–Crippen MR) is 247 cm³/mol. The molecule has 280 valence electrons. The zero-order chi connectivity index (χ0) is 38.5. The van der Waals surface area contributed by atoms with Gasteiger partial charge in [-0.25, -0.2) is 0 Å². The van der Waals surface area contributed by atoms with Crippen LogP contribution in [-0.4, -0.2) is 105 Å². The van der Waals surface area contributed by atoms with E-state index in [0.717, 1.165) is 0 Å². The molecule has 0 N–H and O–H groups in total. The molecule has 0 amide bonds. The molecule has 0 saturated heterocycles. The first kappa shape index (κ1) is 53.9. The third-order valence-electron chi connectivity index (χ3n) is 7.24. The maximum atomic E-state index is 4.82. The van der Waals surface area contributed by atoms with Crippen LogP contribution < -0.4 is 18.9 Å². The van der Waals surface area contributed by atoms with E-state index in [1.165, 1.54) is 0 Å². The van der Waals surface area contributed by atoms with Crippen molar-refractivity contribution < 1.29 is 18.9 Å². The van der Waals surface area contributed by atoms with Crippen LogP contribution in [0.15, 0.2) is 0 Å². The van der Waals surface area contributed by atoms with Gasteiger partial charge in [-0.15, -0.1) is 0 Å². The Bertz CT molecular complexity index is 760. The quantitative estimate of drug-likeness (QED) is 0.129. The molecule has 0 aliphatic carbocycles. The number of nitrogens with zero attached hydrogens (tertiary/aromatic N) is 5. The van der Waals surface area contributed by atoms with Gasteiger partial charge in [0.05, 0.1) is 0 Å². The van der Waals surface area contributed by atoms with Gasteiger partial charge in [0.1, 0.15) is 71.8 Å². The summed E-state index contributed by atoms with van der Waals surface area (Å²) >= 11 is 0. The molecule has 0 aromatic carbocycles. The van der Waals surface area contributed by atoms with E-state index in [4.69, 9.17) is 4.65 Å². The van der Waals surface area contributed by atoms with Crippen molar-refractivity contribution >= 4 is 82.4 Å². The number of hydrogen-bond donors (Lipinski definition) is 0. The van der Waals surface area contributed by atoms with Gasteiger partial charge in [-0.1, -0.05) is 213 Å². The monoisotopic (exact) mass is 820 g/mol. The van der Waals surface area contributed by atoms with Gasteiger partial charge < -0.3 is 21.6 Å². The Morgan fingerprint density at radius 1 is 0.255 bits per heavy atom. The fraction of sp³-hybridized carbons (Fsp3) is 1.00. The molecular formula is C31H90LiN5Si10. The van der Waals surface area contributed by atoms with Crippen molar-refractivity contribution in [1.29, 1.82) is 0 Å². The van der Waals surface area contributed by atoms with Crippen molar-refractivity contribution in [2.45, 2.75) is 202 Å². The van der Waals surface area contributed by atoms with Crippen LogP contribution in [0.3, 0.4) is 0 Å². The molecule has 0 unspecified atom stereocenters. The van der Waals surface area contributed by atoms with Gasteiger partial charge in [0.2, 0.25) is 0 Å². The van der Waals surface area contributed by atoms with Crippen LogP contribution in [0.1, 0.15) is 0 Å². The van der Waals surface area contributed by atoms with E-state index < -0.39 is 82.4 Å². The molecule has 0 heterocycles. The van der Waals surface area contributed by atoms with E-state index in [0.29, 0.717) is 0 Å². The Hall–Kier alpha value is 2.57. The van der Waals surface area contributed by atoms with Crippen molar-refractivity contribution in [3.05, 3.63) is 4.65 Å². The van der Waals surface area contributed by atoms with E-state index in [-0.39, 0.29) is 24.8 Å². The van der Waals surface area contributed by atoms with Gasteiger partial charge in [-0.05, 0) is 0 Å². The first-order valence-corrected chi connectivity index (χ1v) is 52.6. The van der Waals surface area contributed by atoms with Crippen LogP contribution in [-0.2, 0) is 0 Å². The first-order chi connectivity index (χ1) is 19.2. The first-order valence-electron chi connectivity index (χ1n) is 18.1. The summed E-state index contributed by atoms with van der Waals surface area (Å²) in [4.78, 5) is 0. The maximum Gasteiger partial charge on any atom is 1.00 e. The minimum atomic E-state index is -1.82. The van der Waals surface area contributed by atoms with Gasteiger partial charge in [-0.2, -0.15) is 0 Å². The van der Waals surface area contributed by atoms with Crippen LogP contribution in [0.4, 0.5) is 0 Å². The smallest absolute Gasteiger partial charge is 0.668 e. The second-order valence-corrected chi connectivity index (χ2v) is 73.4. The normalized spacial score (nSPS) is 15.7. The molecule has 0 fully saturated rings. The van der Waals surface area contributed by atoms with Gasteiger partial charge in [0.25, 0.3) is 0 Å². The summed E-state index contributed by atoms with van der Waals surface area (Å²) in [5, 5.41) is 0. The maximum absolute atomic E-state index is 4.82. The molecule has 16 heteroatoms. The van der Waals surface area contributed by atoms with Crippen molar-refractivity contribution in [3.8, 4) is 0 Å². The topological polar surface area (TPSA) is 27.1 Å². The van der Waals surface area contributed by atoms with E-state index in [1.807, 2.05) is 0 Å². The molecule has 0 aromatic rings. The van der Waals surface area contributed by atoms with Gasteiger partial charge in [0, 0.05) is 0 Å². The van der Waals surface area contributed by atoms with Gasteiger partial charge in [0.15, 0.2) is 0 Å².